The first-order valence-corrected chi connectivity index (χ1v) is 6.46. The van der Waals surface area contributed by atoms with Crippen LogP contribution in [-0.2, 0) is 0 Å². The Labute approximate surface area is 135 Å². The van der Waals surface area contributed by atoms with E-state index in [1.165, 1.54) is 5.69 Å². The van der Waals surface area contributed by atoms with Gasteiger partial charge in [-0.1, -0.05) is 18.2 Å². The fourth-order valence-electron chi connectivity index (χ4n) is 2.24. The average molecular weight is 380 g/mol. The Balaban J connectivity index is 0.00000147. The Morgan fingerprint density at radius 3 is 2.65 bits per heavy atom. The Hall–Kier alpha value is -1.56. The van der Waals surface area contributed by atoms with E-state index in [9.17, 15) is 0 Å². The van der Waals surface area contributed by atoms with Crippen molar-refractivity contribution in [3.05, 3.63) is 54.4 Å². The molecule has 0 saturated carbocycles. The van der Waals surface area contributed by atoms with Gasteiger partial charge in [-0.25, -0.2) is 4.98 Å². The maximum atomic E-state index is 5.67. The summed E-state index contributed by atoms with van der Waals surface area (Å²) in [4.78, 5) is 4.67. The number of hydrogen-bond donors (Lipinski definition) is 0. The van der Waals surface area contributed by atoms with Crippen molar-refractivity contribution in [2.24, 2.45) is 0 Å². The molecule has 20 heavy (non-hydrogen) atoms. The van der Waals surface area contributed by atoms with Gasteiger partial charge < -0.3 is 9.14 Å². The van der Waals surface area contributed by atoms with Crippen molar-refractivity contribution in [3.8, 4) is 17.0 Å². The van der Waals surface area contributed by atoms with Gasteiger partial charge in [-0.15, -0.1) is 24.0 Å². The topological polar surface area (TPSA) is 26.5 Å². The quantitative estimate of drug-likeness (QED) is 0.633. The third kappa shape index (κ3) is 2.65. The number of benzene rings is 1. The van der Waals surface area contributed by atoms with Gasteiger partial charge in [0.05, 0.1) is 12.3 Å². The number of halogens is 1. The number of aryl methyl sites for hydroxylation is 1. The largest absolute Gasteiger partial charge is 0.493 e. The summed E-state index contributed by atoms with van der Waals surface area (Å²) in [6, 6.07) is 14.1. The molecule has 1 aromatic carbocycles. The number of ether oxygens (including phenoxy) is 1. The van der Waals surface area contributed by atoms with E-state index in [1.807, 2.05) is 43.3 Å². The summed E-state index contributed by atoms with van der Waals surface area (Å²) < 4.78 is 7.76. The summed E-state index contributed by atoms with van der Waals surface area (Å²) in [6.45, 7) is 4.72. The molecule has 0 atom stereocenters. The van der Waals surface area contributed by atoms with E-state index in [4.69, 9.17) is 4.74 Å². The molecule has 2 heterocycles. The fraction of sp³-hybridized carbons (Fsp3) is 0.188. The van der Waals surface area contributed by atoms with E-state index < -0.39 is 0 Å². The zero-order chi connectivity index (χ0) is 13.2. The molecular formula is C16H17IN2O. The van der Waals surface area contributed by atoms with Gasteiger partial charge >= 0.3 is 0 Å². The number of pyridine rings is 1. The first-order valence-electron chi connectivity index (χ1n) is 6.46. The Morgan fingerprint density at radius 1 is 1.10 bits per heavy atom. The number of fused-ring (bicyclic) bond motifs is 1. The number of rotatable bonds is 3. The predicted molar refractivity (Wildman–Crippen MR) is 91.9 cm³/mol. The highest BCUT2D eigenvalue weighted by Gasteiger charge is 2.10. The molecule has 0 radical (unpaired) electrons. The van der Waals surface area contributed by atoms with E-state index in [2.05, 4.69) is 28.6 Å². The molecule has 0 spiro atoms. The van der Waals surface area contributed by atoms with Crippen LogP contribution < -0.4 is 4.74 Å². The van der Waals surface area contributed by atoms with Crippen molar-refractivity contribution < 1.29 is 4.74 Å². The Morgan fingerprint density at radius 2 is 1.90 bits per heavy atom. The van der Waals surface area contributed by atoms with Gasteiger partial charge in [-0.3, -0.25) is 0 Å². The van der Waals surface area contributed by atoms with Crippen molar-refractivity contribution in [3.63, 3.8) is 0 Å². The van der Waals surface area contributed by atoms with Crippen molar-refractivity contribution >= 4 is 29.6 Å². The number of aromatic nitrogens is 2. The molecule has 104 valence electrons. The zero-order valence-electron chi connectivity index (χ0n) is 11.5. The van der Waals surface area contributed by atoms with Crippen LogP contribution in [0, 0.1) is 6.92 Å². The maximum absolute atomic E-state index is 5.67. The molecule has 0 aliphatic rings. The van der Waals surface area contributed by atoms with E-state index >= 15 is 0 Å². The highest BCUT2D eigenvalue weighted by Crippen LogP contribution is 2.29. The molecular weight excluding hydrogens is 363 g/mol. The zero-order valence-corrected chi connectivity index (χ0v) is 13.9. The molecule has 0 aliphatic carbocycles. The molecule has 0 fully saturated rings. The molecule has 0 saturated heterocycles. The SMILES string of the molecule is CCOc1ccccc1-c1cn2c(C)cccc2n1.I. The van der Waals surface area contributed by atoms with Gasteiger partial charge in [0.15, 0.2) is 0 Å². The van der Waals surface area contributed by atoms with Gasteiger partial charge in [0.2, 0.25) is 0 Å². The van der Waals surface area contributed by atoms with Gasteiger partial charge in [0, 0.05) is 17.5 Å². The summed E-state index contributed by atoms with van der Waals surface area (Å²) >= 11 is 0. The number of para-hydroxylation sites is 1. The van der Waals surface area contributed by atoms with Crippen molar-refractivity contribution in [1.29, 1.82) is 0 Å². The van der Waals surface area contributed by atoms with Gasteiger partial charge in [-0.05, 0) is 38.1 Å². The molecule has 0 aliphatic heterocycles. The van der Waals surface area contributed by atoms with Crippen LogP contribution in [0.2, 0.25) is 0 Å². The molecule has 2 aromatic heterocycles. The van der Waals surface area contributed by atoms with Crippen molar-refractivity contribution in [1.82, 2.24) is 9.38 Å². The van der Waals surface area contributed by atoms with Crippen LogP contribution >= 0.6 is 24.0 Å². The van der Waals surface area contributed by atoms with E-state index in [1.54, 1.807) is 0 Å². The second-order valence-electron chi connectivity index (χ2n) is 4.45. The van der Waals surface area contributed by atoms with Crippen LogP contribution in [0.1, 0.15) is 12.6 Å². The molecule has 0 bridgehead atoms. The minimum Gasteiger partial charge on any atom is -0.493 e. The normalized spacial score (nSPS) is 10.3. The van der Waals surface area contributed by atoms with E-state index in [0.717, 1.165) is 22.7 Å². The van der Waals surface area contributed by atoms with Crippen molar-refractivity contribution in [2.45, 2.75) is 13.8 Å². The Kier molecular flexibility index (Phi) is 4.65. The molecule has 0 N–H and O–H groups in total. The fourth-order valence-corrected chi connectivity index (χ4v) is 2.24. The minimum absolute atomic E-state index is 0. The summed E-state index contributed by atoms with van der Waals surface area (Å²) in [7, 11) is 0. The number of hydrogen-bond acceptors (Lipinski definition) is 2. The lowest BCUT2D eigenvalue weighted by Gasteiger charge is -2.07. The van der Waals surface area contributed by atoms with Gasteiger partial charge in [-0.2, -0.15) is 0 Å². The molecule has 3 nitrogen and oxygen atoms in total. The number of nitrogens with zero attached hydrogens (tertiary/aromatic N) is 2. The first-order chi connectivity index (χ1) is 9.29. The smallest absolute Gasteiger partial charge is 0.137 e. The van der Waals surface area contributed by atoms with E-state index in [0.29, 0.717) is 6.61 Å². The maximum Gasteiger partial charge on any atom is 0.137 e. The lowest BCUT2D eigenvalue weighted by atomic mass is 10.1. The first kappa shape index (κ1) is 14.8. The predicted octanol–water partition coefficient (Wildman–Crippen LogP) is 4.33. The molecule has 0 unspecified atom stereocenters. The monoisotopic (exact) mass is 380 g/mol. The summed E-state index contributed by atoms with van der Waals surface area (Å²) in [5.74, 6) is 0.881. The Bertz CT molecular complexity index is 721. The highest BCUT2D eigenvalue weighted by molar-refractivity contribution is 14.0. The third-order valence-corrected chi connectivity index (χ3v) is 3.16. The number of imidazole rings is 1. The van der Waals surface area contributed by atoms with Crippen LogP contribution in [0.25, 0.3) is 16.9 Å². The van der Waals surface area contributed by atoms with Crippen LogP contribution in [0.3, 0.4) is 0 Å². The molecule has 3 rings (SSSR count). The van der Waals surface area contributed by atoms with Crippen LogP contribution in [0.15, 0.2) is 48.7 Å². The van der Waals surface area contributed by atoms with E-state index in [-0.39, 0.29) is 24.0 Å². The highest BCUT2D eigenvalue weighted by atomic mass is 127. The summed E-state index contributed by atoms with van der Waals surface area (Å²) in [5.41, 5.74) is 4.11. The third-order valence-electron chi connectivity index (χ3n) is 3.16. The van der Waals surface area contributed by atoms with Crippen LogP contribution in [0.5, 0.6) is 5.75 Å². The summed E-state index contributed by atoms with van der Waals surface area (Å²) in [6.07, 6.45) is 2.06. The second kappa shape index (κ2) is 6.26. The van der Waals surface area contributed by atoms with Gasteiger partial charge in [0.1, 0.15) is 11.4 Å². The minimum atomic E-state index is 0. The molecule has 3 aromatic rings. The molecule has 4 heteroatoms. The second-order valence-corrected chi connectivity index (χ2v) is 4.45. The standard InChI is InChI=1S/C16H16N2O.HI/c1-3-19-15-9-5-4-8-13(15)14-11-18-12(2)7-6-10-16(18)17-14;/h4-11H,3H2,1-2H3;1H. The average Bonchev–Trinajstić information content (AvgIpc) is 2.85. The van der Waals surface area contributed by atoms with Crippen LogP contribution in [-0.4, -0.2) is 16.0 Å². The van der Waals surface area contributed by atoms with Crippen LogP contribution in [0.4, 0.5) is 0 Å². The van der Waals surface area contributed by atoms with Gasteiger partial charge in [0.25, 0.3) is 0 Å². The van der Waals surface area contributed by atoms with Crippen molar-refractivity contribution in [2.75, 3.05) is 6.61 Å². The molecule has 0 amide bonds. The lowest BCUT2D eigenvalue weighted by molar-refractivity contribution is 0.341. The lowest BCUT2D eigenvalue weighted by Crippen LogP contribution is -1.93. The summed E-state index contributed by atoms with van der Waals surface area (Å²) in [5, 5.41) is 0.